The van der Waals surface area contributed by atoms with Gasteiger partial charge in [-0.25, -0.2) is 13.8 Å². The molecule has 8 heteroatoms. The lowest BCUT2D eigenvalue weighted by Crippen LogP contribution is -2.46. The third-order valence-electron chi connectivity index (χ3n) is 5.43. The van der Waals surface area contributed by atoms with E-state index in [1.165, 1.54) is 19.3 Å². The van der Waals surface area contributed by atoms with Gasteiger partial charge in [0.2, 0.25) is 5.91 Å². The predicted molar refractivity (Wildman–Crippen MR) is 108 cm³/mol. The summed E-state index contributed by atoms with van der Waals surface area (Å²) in [6.45, 7) is 8.74. The minimum atomic E-state index is -0.717. The van der Waals surface area contributed by atoms with E-state index in [1.807, 2.05) is 0 Å². The average molecular weight is 406 g/mol. The first-order valence-electron chi connectivity index (χ1n) is 9.47. The van der Waals surface area contributed by atoms with Crippen LogP contribution in [0.3, 0.4) is 0 Å². The molecule has 0 aliphatic heterocycles. The van der Waals surface area contributed by atoms with Crippen molar-refractivity contribution in [1.82, 2.24) is 15.5 Å². The number of nitrogens with zero attached hydrogens (tertiary/aromatic N) is 2. The smallest absolute Gasteiger partial charge is 0.239 e. The fourth-order valence-electron chi connectivity index (χ4n) is 2.98. The molecule has 29 heavy (non-hydrogen) atoms. The van der Waals surface area contributed by atoms with Crippen molar-refractivity contribution in [2.24, 2.45) is 4.99 Å². The number of fused-ring (bicyclic) bond motifs is 1. The summed E-state index contributed by atoms with van der Waals surface area (Å²) >= 11 is 0. The largest absolute Gasteiger partial charge is 0.353 e. The van der Waals surface area contributed by atoms with Crippen molar-refractivity contribution in [2.45, 2.75) is 51.6 Å². The van der Waals surface area contributed by atoms with E-state index in [0.29, 0.717) is 30.4 Å². The number of hydrogen-bond acceptors (Lipinski definition) is 4. The van der Waals surface area contributed by atoms with Gasteiger partial charge in [0.05, 0.1) is 18.4 Å². The van der Waals surface area contributed by atoms with Crippen LogP contribution in [-0.2, 0) is 22.4 Å². The molecule has 0 spiro atoms. The molecule has 1 aliphatic carbocycles. The summed E-state index contributed by atoms with van der Waals surface area (Å²) < 4.78 is 27.3. The zero-order valence-corrected chi connectivity index (χ0v) is 17.3. The number of hydrogen-bond donors (Lipinski definition) is 2. The Morgan fingerprint density at radius 1 is 1.38 bits per heavy atom. The molecule has 0 saturated carbocycles. The van der Waals surface area contributed by atoms with Crippen LogP contribution in [0.5, 0.6) is 0 Å². The van der Waals surface area contributed by atoms with Crippen molar-refractivity contribution in [3.05, 3.63) is 47.3 Å². The Hall–Kier alpha value is -2.61. The Morgan fingerprint density at radius 2 is 2.07 bits per heavy atom. The molecule has 1 unspecified atom stereocenters. The number of carbonyl (C=O) groups excluding carboxylic acids is 2. The van der Waals surface area contributed by atoms with Crippen molar-refractivity contribution >= 4 is 18.0 Å². The van der Waals surface area contributed by atoms with Crippen LogP contribution in [0.25, 0.3) is 0 Å². The molecule has 0 heterocycles. The van der Waals surface area contributed by atoms with Crippen LogP contribution in [0, 0.1) is 11.6 Å². The van der Waals surface area contributed by atoms with Crippen molar-refractivity contribution in [3.8, 4) is 0 Å². The first kappa shape index (κ1) is 22.7. The summed E-state index contributed by atoms with van der Waals surface area (Å²) in [7, 11) is 1.72. The number of ketones is 1. The highest BCUT2D eigenvalue weighted by Crippen LogP contribution is 2.25. The standard InChI is InChI=1S/C21H28F2N4O2/c1-13(28)21(3,4)27(5)12-25-14(2)26-20(29)11-24-17-7-6-15-8-16(22)9-19(23)18(15)10-17/h8-9,12,17,24H,2,6-7,10-11H2,1,3-5H3,(H,26,29)/b25-12-. The minimum absolute atomic E-state index is 0.0153. The molecule has 1 aromatic rings. The number of benzene rings is 1. The van der Waals surface area contributed by atoms with Gasteiger partial charge in [0.1, 0.15) is 17.5 Å². The van der Waals surface area contributed by atoms with Gasteiger partial charge in [-0.15, -0.1) is 0 Å². The number of halogens is 2. The second-order valence-electron chi connectivity index (χ2n) is 7.81. The molecule has 0 radical (unpaired) electrons. The van der Waals surface area contributed by atoms with Gasteiger partial charge < -0.3 is 15.5 Å². The molecule has 2 rings (SSSR count). The van der Waals surface area contributed by atoms with Gasteiger partial charge in [0, 0.05) is 19.2 Å². The summed E-state index contributed by atoms with van der Waals surface area (Å²) in [5.74, 6) is -1.30. The van der Waals surface area contributed by atoms with Crippen molar-refractivity contribution in [1.29, 1.82) is 0 Å². The van der Waals surface area contributed by atoms with E-state index in [4.69, 9.17) is 0 Å². The lowest BCUT2D eigenvalue weighted by atomic mass is 9.88. The van der Waals surface area contributed by atoms with Crippen molar-refractivity contribution in [2.75, 3.05) is 13.6 Å². The molecule has 2 N–H and O–H groups in total. The van der Waals surface area contributed by atoms with Crippen LogP contribution in [0.2, 0.25) is 0 Å². The lowest BCUT2D eigenvalue weighted by Gasteiger charge is -2.31. The van der Waals surface area contributed by atoms with Crippen LogP contribution >= 0.6 is 0 Å². The number of amides is 1. The van der Waals surface area contributed by atoms with E-state index >= 15 is 0 Å². The first-order chi connectivity index (χ1) is 13.5. The highest BCUT2D eigenvalue weighted by molar-refractivity contribution is 5.87. The van der Waals surface area contributed by atoms with Crippen LogP contribution in [0.15, 0.2) is 29.5 Å². The quantitative estimate of drug-likeness (QED) is 0.513. The van der Waals surface area contributed by atoms with Crippen LogP contribution in [0.1, 0.15) is 38.3 Å². The maximum Gasteiger partial charge on any atom is 0.239 e. The molecule has 1 atom stereocenters. The Bertz CT molecular complexity index is 836. The molecule has 1 aliphatic rings. The van der Waals surface area contributed by atoms with Gasteiger partial charge in [-0.2, -0.15) is 0 Å². The number of nitrogens with one attached hydrogen (secondary N) is 2. The van der Waals surface area contributed by atoms with Crippen molar-refractivity contribution in [3.63, 3.8) is 0 Å². The number of carbonyl (C=O) groups is 2. The number of rotatable bonds is 8. The van der Waals surface area contributed by atoms with E-state index in [-0.39, 0.29) is 30.1 Å². The Labute approximate surface area is 170 Å². The van der Waals surface area contributed by atoms with Crippen LogP contribution < -0.4 is 10.6 Å². The normalized spacial score (nSPS) is 16.4. The fraction of sp³-hybridized carbons (Fsp3) is 0.476. The van der Waals surface area contributed by atoms with E-state index in [2.05, 4.69) is 22.2 Å². The molecule has 0 bridgehead atoms. The summed E-state index contributed by atoms with van der Waals surface area (Å²) in [6.07, 6.45) is 3.09. The van der Waals surface area contributed by atoms with Gasteiger partial charge in [-0.1, -0.05) is 6.58 Å². The van der Waals surface area contributed by atoms with E-state index in [1.54, 1.807) is 25.8 Å². The molecule has 0 saturated heterocycles. The molecule has 6 nitrogen and oxygen atoms in total. The highest BCUT2D eigenvalue weighted by Gasteiger charge is 2.27. The third-order valence-corrected chi connectivity index (χ3v) is 5.43. The van der Waals surface area contributed by atoms with Gasteiger partial charge >= 0.3 is 0 Å². The second-order valence-corrected chi connectivity index (χ2v) is 7.81. The fourth-order valence-corrected chi connectivity index (χ4v) is 2.98. The SMILES string of the molecule is C=C(/N=C\N(C)C(C)(C)C(C)=O)NC(=O)CNC1CCc2cc(F)cc(F)c2C1. The van der Waals surface area contributed by atoms with Crippen LogP contribution in [0.4, 0.5) is 8.78 Å². The van der Waals surface area contributed by atoms with Gasteiger partial charge in [-0.3, -0.25) is 9.59 Å². The van der Waals surface area contributed by atoms with Crippen molar-refractivity contribution < 1.29 is 18.4 Å². The maximum atomic E-state index is 14.0. The highest BCUT2D eigenvalue weighted by atomic mass is 19.1. The number of Topliss-reactive ketones (excluding diaryl/α,β-unsaturated/α-hetero) is 1. The zero-order chi connectivity index (χ0) is 21.8. The zero-order valence-electron chi connectivity index (χ0n) is 17.3. The molecule has 1 aromatic carbocycles. The Kier molecular flexibility index (Phi) is 7.24. The summed E-state index contributed by atoms with van der Waals surface area (Å²) in [4.78, 5) is 29.4. The molecule has 0 fully saturated rings. The molecule has 1 amide bonds. The topological polar surface area (TPSA) is 73.8 Å². The summed E-state index contributed by atoms with van der Waals surface area (Å²) in [6, 6.07) is 2.18. The lowest BCUT2D eigenvalue weighted by molar-refractivity contribution is -0.124. The molecule has 158 valence electrons. The van der Waals surface area contributed by atoms with E-state index in [0.717, 1.165) is 6.07 Å². The monoisotopic (exact) mass is 406 g/mol. The average Bonchev–Trinajstić information content (AvgIpc) is 2.64. The summed E-state index contributed by atoms with van der Waals surface area (Å²) in [5, 5.41) is 5.66. The molecular formula is C21H28F2N4O2. The number of likely N-dealkylation sites (N-methyl/N-ethyl adjacent to an activating group) is 1. The van der Waals surface area contributed by atoms with Gasteiger partial charge in [-0.05, 0) is 57.2 Å². The van der Waals surface area contributed by atoms with Gasteiger partial charge in [0.25, 0.3) is 0 Å². The van der Waals surface area contributed by atoms with Crippen LogP contribution in [-0.4, -0.2) is 48.1 Å². The summed E-state index contributed by atoms with van der Waals surface area (Å²) in [5.41, 5.74) is 0.469. The Balaban J connectivity index is 1.82. The minimum Gasteiger partial charge on any atom is -0.353 e. The molecule has 0 aromatic heterocycles. The number of aliphatic imine (C=N–C) groups is 1. The first-order valence-corrected chi connectivity index (χ1v) is 9.47. The number of aryl methyl sites for hydroxylation is 1. The third kappa shape index (κ3) is 5.93. The van der Waals surface area contributed by atoms with E-state index < -0.39 is 17.2 Å². The second kappa shape index (κ2) is 9.26. The van der Waals surface area contributed by atoms with Gasteiger partial charge in [0.15, 0.2) is 5.78 Å². The molecular weight excluding hydrogens is 378 g/mol. The predicted octanol–water partition coefficient (Wildman–Crippen LogP) is 2.33. The maximum absolute atomic E-state index is 14.0. The van der Waals surface area contributed by atoms with E-state index in [9.17, 15) is 18.4 Å². The Morgan fingerprint density at radius 3 is 2.72 bits per heavy atom.